The summed E-state index contributed by atoms with van der Waals surface area (Å²) >= 11 is 3.12. The van der Waals surface area contributed by atoms with E-state index in [9.17, 15) is 9.90 Å². The Kier molecular flexibility index (Phi) is 4.37. The lowest BCUT2D eigenvalue weighted by atomic mass is 9.91. The third-order valence-corrected chi connectivity index (χ3v) is 5.63. The number of carbonyl (C=O) groups excluding carboxylic acids is 1. The molecule has 1 N–H and O–H groups in total. The van der Waals surface area contributed by atoms with Crippen LogP contribution >= 0.6 is 22.7 Å². The summed E-state index contributed by atoms with van der Waals surface area (Å²) in [6, 6.07) is 1.93. The second-order valence-electron chi connectivity index (χ2n) is 5.42. The van der Waals surface area contributed by atoms with E-state index < -0.39 is 0 Å². The molecule has 0 bridgehead atoms. The van der Waals surface area contributed by atoms with Gasteiger partial charge < -0.3 is 10.0 Å². The van der Waals surface area contributed by atoms with Crippen molar-refractivity contribution in [3.63, 3.8) is 0 Å². The third-order valence-electron chi connectivity index (χ3n) is 4.06. The Morgan fingerprint density at radius 1 is 1.52 bits per heavy atom. The lowest BCUT2D eigenvalue weighted by Gasteiger charge is -2.38. The smallest absolute Gasteiger partial charge is 0.273 e. The fourth-order valence-electron chi connectivity index (χ4n) is 2.82. The molecule has 3 rings (SSSR count). The van der Waals surface area contributed by atoms with E-state index in [2.05, 4.69) is 11.9 Å². The number of nitrogens with zero attached hydrogens (tertiary/aromatic N) is 2. The number of rotatable bonds is 3. The maximum atomic E-state index is 12.7. The summed E-state index contributed by atoms with van der Waals surface area (Å²) < 4.78 is 0. The largest absolute Gasteiger partial charge is 0.394 e. The van der Waals surface area contributed by atoms with Crippen LogP contribution in [0.3, 0.4) is 0 Å². The molecule has 1 amide bonds. The topological polar surface area (TPSA) is 53.4 Å². The van der Waals surface area contributed by atoms with Crippen molar-refractivity contribution in [3.05, 3.63) is 27.9 Å². The SMILES string of the molecule is CC1CCCN(C(=O)c2csc(-c3ccsc3)n2)C1CO. The van der Waals surface area contributed by atoms with Crippen molar-refractivity contribution >= 4 is 28.6 Å². The van der Waals surface area contributed by atoms with Crippen LogP contribution in [0.25, 0.3) is 10.6 Å². The summed E-state index contributed by atoms with van der Waals surface area (Å²) in [6.07, 6.45) is 2.05. The molecule has 6 heteroatoms. The van der Waals surface area contributed by atoms with E-state index in [-0.39, 0.29) is 18.6 Å². The molecule has 0 spiro atoms. The van der Waals surface area contributed by atoms with Gasteiger partial charge in [-0.15, -0.1) is 11.3 Å². The lowest BCUT2D eigenvalue weighted by molar-refractivity contribution is 0.0354. The number of aromatic nitrogens is 1. The van der Waals surface area contributed by atoms with Crippen molar-refractivity contribution in [2.24, 2.45) is 5.92 Å². The average molecular weight is 322 g/mol. The van der Waals surface area contributed by atoms with Crippen molar-refractivity contribution in [1.29, 1.82) is 0 Å². The van der Waals surface area contributed by atoms with Gasteiger partial charge in [-0.3, -0.25) is 4.79 Å². The monoisotopic (exact) mass is 322 g/mol. The van der Waals surface area contributed by atoms with Crippen LogP contribution in [0.1, 0.15) is 30.3 Å². The lowest BCUT2D eigenvalue weighted by Crippen LogP contribution is -2.49. The summed E-state index contributed by atoms with van der Waals surface area (Å²) in [5, 5.41) is 16.3. The highest BCUT2D eigenvalue weighted by molar-refractivity contribution is 7.14. The number of amides is 1. The molecule has 1 saturated heterocycles. The van der Waals surface area contributed by atoms with Crippen LogP contribution in [0, 0.1) is 5.92 Å². The standard InChI is InChI=1S/C15H18N2O2S2/c1-10-3-2-5-17(13(10)7-18)15(19)12-9-21-14(16-12)11-4-6-20-8-11/h4,6,8-10,13,18H,2-3,5,7H2,1H3. The minimum absolute atomic E-state index is 0.0223. The highest BCUT2D eigenvalue weighted by atomic mass is 32.1. The molecule has 2 atom stereocenters. The van der Waals surface area contributed by atoms with E-state index in [0.29, 0.717) is 18.2 Å². The van der Waals surface area contributed by atoms with Gasteiger partial charge in [0.15, 0.2) is 0 Å². The number of carbonyl (C=O) groups is 1. The highest BCUT2D eigenvalue weighted by Gasteiger charge is 2.32. The van der Waals surface area contributed by atoms with Crippen LogP contribution in [0.2, 0.25) is 0 Å². The van der Waals surface area contributed by atoms with E-state index in [0.717, 1.165) is 23.4 Å². The van der Waals surface area contributed by atoms with Crippen molar-refractivity contribution in [3.8, 4) is 10.6 Å². The van der Waals surface area contributed by atoms with Gasteiger partial charge in [-0.05, 0) is 30.2 Å². The number of likely N-dealkylation sites (tertiary alicyclic amines) is 1. The Balaban J connectivity index is 1.81. The first-order chi connectivity index (χ1) is 10.2. The fourth-order valence-corrected chi connectivity index (χ4v) is 4.32. The number of aliphatic hydroxyl groups excluding tert-OH is 1. The Morgan fingerprint density at radius 2 is 2.38 bits per heavy atom. The molecule has 2 unspecified atom stereocenters. The molecule has 3 heterocycles. The minimum atomic E-state index is -0.0856. The minimum Gasteiger partial charge on any atom is -0.394 e. The quantitative estimate of drug-likeness (QED) is 0.944. The molecule has 1 aliphatic rings. The van der Waals surface area contributed by atoms with Gasteiger partial charge >= 0.3 is 0 Å². The van der Waals surface area contributed by atoms with Gasteiger partial charge in [-0.1, -0.05) is 6.92 Å². The van der Waals surface area contributed by atoms with Crippen LogP contribution < -0.4 is 0 Å². The van der Waals surface area contributed by atoms with Crippen LogP contribution in [0.4, 0.5) is 0 Å². The molecule has 0 radical (unpaired) electrons. The second kappa shape index (κ2) is 6.25. The molecule has 0 aliphatic carbocycles. The summed E-state index contributed by atoms with van der Waals surface area (Å²) in [5.74, 6) is 0.279. The Bertz CT molecular complexity index is 609. The number of aliphatic hydroxyl groups is 1. The van der Waals surface area contributed by atoms with Crippen LogP contribution in [-0.4, -0.2) is 40.1 Å². The molecule has 2 aromatic heterocycles. The van der Waals surface area contributed by atoms with Crippen LogP contribution in [0.15, 0.2) is 22.2 Å². The number of thiazole rings is 1. The summed E-state index contributed by atoms with van der Waals surface area (Å²) in [4.78, 5) is 18.9. The molecular weight excluding hydrogens is 304 g/mol. The molecule has 0 aromatic carbocycles. The number of hydrogen-bond acceptors (Lipinski definition) is 5. The maximum Gasteiger partial charge on any atom is 0.273 e. The van der Waals surface area contributed by atoms with Gasteiger partial charge in [-0.25, -0.2) is 4.98 Å². The molecule has 1 fully saturated rings. The van der Waals surface area contributed by atoms with E-state index in [4.69, 9.17) is 0 Å². The Hall–Kier alpha value is -1.24. The zero-order valence-corrected chi connectivity index (χ0v) is 13.5. The van der Waals surface area contributed by atoms with Gasteiger partial charge in [0, 0.05) is 22.9 Å². The van der Waals surface area contributed by atoms with Crippen LogP contribution in [-0.2, 0) is 0 Å². The number of piperidine rings is 1. The highest BCUT2D eigenvalue weighted by Crippen LogP contribution is 2.28. The van der Waals surface area contributed by atoms with E-state index in [1.165, 1.54) is 11.3 Å². The van der Waals surface area contributed by atoms with E-state index in [1.54, 1.807) is 16.2 Å². The molecule has 1 aliphatic heterocycles. The number of thiophene rings is 1. The first-order valence-electron chi connectivity index (χ1n) is 7.10. The summed E-state index contributed by atoms with van der Waals surface area (Å²) in [7, 11) is 0. The molecule has 0 saturated carbocycles. The molecule has 2 aromatic rings. The molecule has 112 valence electrons. The zero-order valence-electron chi connectivity index (χ0n) is 11.9. The van der Waals surface area contributed by atoms with Gasteiger partial charge in [-0.2, -0.15) is 11.3 Å². The molecule has 4 nitrogen and oxygen atoms in total. The van der Waals surface area contributed by atoms with Crippen molar-refractivity contribution < 1.29 is 9.90 Å². The summed E-state index contributed by atoms with van der Waals surface area (Å²) in [5.41, 5.74) is 1.56. The molecular formula is C15H18N2O2S2. The predicted octanol–water partition coefficient (Wildman–Crippen LogP) is 3.10. The third kappa shape index (κ3) is 2.88. The summed E-state index contributed by atoms with van der Waals surface area (Å²) in [6.45, 7) is 2.83. The normalized spacial score (nSPS) is 22.5. The first-order valence-corrected chi connectivity index (χ1v) is 8.93. The van der Waals surface area contributed by atoms with Gasteiger partial charge in [0.2, 0.25) is 0 Å². The predicted molar refractivity (Wildman–Crippen MR) is 85.7 cm³/mol. The molecule has 21 heavy (non-hydrogen) atoms. The van der Waals surface area contributed by atoms with E-state index >= 15 is 0 Å². The average Bonchev–Trinajstić information content (AvgIpc) is 3.16. The van der Waals surface area contributed by atoms with Crippen molar-refractivity contribution in [2.75, 3.05) is 13.2 Å². The maximum absolute atomic E-state index is 12.7. The first kappa shape index (κ1) is 14.7. The Morgan fingerprint density at radius 3 is 3.10 bits per heavy atom. The van der Waals surface area contributed by atoms with Crippen LogP contribution in [0.5, 0.6) is 0 Å². The van der Waals surface area contributed by atoms with Gasteiger partial charge in [0.05, 0.1) is 12.6 Å². The number of hydrogen-bond donors (Lipinski definition) is 1. The van der Waals surface area contributed by atoms with Gasteiger partial charge in [0.1, 0.15) is 10.7 Å². The van der Waals surface area contributed by atoms with Crippen molar-refractivity contribution in [2.45, 2.75) is 25.8 Å². The van der Waals surface area contributed by atoms with Gasteiger partial charge in [0.25, 0.3) is 5.91 Å². The fraction of sp³-hybridized carbons (Fsp3) is 0.467. The van der Waals surface area contributed by atoms with Crippen molar-refractivity contribution in [1.82, 2.24) is 9.88 Å². The second-order valence-corrected chi connectivity index (χ2v) is 7.06. The van der Waals surface area contributed by atoms with E-state index in [1.807, 2.05) is 22.2 Å². The Labute approximate surface area is 132 Å². The zero-order chi connectivity index (χ0) is 14.8.